The third kappa shape index (κ3) is 2.07. The van der Waals surface area contributed by atoms with Crippen LogP contribution in [0.2, 0.25) is 0 Å². The van der Waals surface area contributed by atoms with Crippen molar-refractivity contribution in [3.63, 3.8) is 0 Å². The predicted octanol–water partition coefficient (Wildman–Crippen LogP) is 1.95. The van der Waals surface area contributed by atoms with E-state index in [1.54, 1.807) is 11.0 Å². The van der Waals surface area contributed by atoms with E-state index < -0.39 is 0 Å². The molecule has 4 nitrogen and oxygen atoms in total. The zero-order valence-electron chi connectivity index (χ0n) is 8.16. The summed E-state index contributed by atoms with van der Waals surface area (Å²) in [5.74, 6) is 0. The first kappa shape index (κ1) is 10.3. The number of amides is 2. The van der Waals surface area contributed by atoms with Crippen molar-refractivity contribution in [2.75, 3.05) is 23.7 Å². The zero-order valence-corrected chi connectivity index (χ0v) is 9.75. The highest BCUT2D eigenvalue weighted by molar-refractivity contribution is 9.10. The Labute approximate surface area is 96.6 Å². The van der Waals surface area contributed by atoms with Crippen LogP contribution in [0.5, 0.6) is 0 Å². The Morgan fingerprint density at radius 1 is 1.47 bits per heavy atom. The van der Waals surface area contributed by atoms with Gasteiger partial charge in [-0.3, -0.25) is 4.90 Å². The first-order valence-electron chi connectivity index (χ1n) is 4.79. The normalized spacial score (nSPS) is 16.3. The van der Waals surface area contributed by atoms with E-state index in [9.17, 15) is 4.79 Å². The molecule has 0 unspecified atom stereocenters. The Balaban J connectivity index is 2.28. The van der Waals surface area contributed by atoms with Gasteiger partial charge in [-0.15, -0.1) is 0 Å². The van der Waals surface area contributed by atoms with Gasteiger partial charge in [-0.2, -0.15) is 0 Å². The van der Waals surface area contributed by atoms with Crippen LogP contribution in [0.1, 0.15) is 6.42 Å². The average Bonchev–Trinajstić information content (AvgIpc) is 2.23. The molecule has 0 spiro atoms. The third-order valence-electron chi connectivity index (χ3n) is 2.37. The minimum atomic E-state index is -0.0528. The molecule has 0 aliphatic carbocycles. The number of nitrogen functional groups attached to an aromatic ring is 1. The van der Waals surface area contributed by atoms with Gasteiger partial charge in [0.25, 0.3) is 0 Å². The largest absolute Gasteiger partial charge is 0.398 e. The highest BCUT2D eigenvalue weighted by Gasteiger charge is 2.19. The second kappa shape index (κ2) is 4.10. The van der Waals surface area contributed by atoms with E-state index in [1.165, 1.54) is 0 Å². The molecular formula is C10H12BrN3O. The van der Waals surface area contributed by atoms with Gasteiger partial charge in [-0.1, -0.05) is 0 Å². The molecule has 5 heteroatoms. The van der Waals surface area contributed by atoms with Gasteiger partial charge < -0.3 is 11.1 Å². The van der Waals surface area contributed by atoms with Crippen LogP contribution in [0.15, 0.2) is 22.7 Å². The highest BCUT2D eigenvalue weighted by Crippen LogP contribution is 2.26. The number of nitrogens with two attached hydrogens (primary N) is 1. The molecule has 0 atom stereocenters. The molecule has 1 aromatic rings. The first-order valence-corrected chi connectivity index (χ1v) is 5.58. The molecule has 0 saturated carbocycles. The lowest BCUT2D eigenvalue weighted by molar-refractivity contribution is 0.243. The van der Waals surface area contributed by atoms with E-state index >= 15 is 0 Å². The summed E-state index contributed by atoms with van der Waals surface area (Å²) in [5.41, 5.74) is 7.25. The number of nitrogens with zero attached hydrogens (tertiary/aromatic N) is 1. The van der Waals surface area contributed by atoms with Crippen LogP contribution in [-0.4, -0.2) is 19.1 Å². The van der Waals surface area contributed by atoms with E-state index in [0.29, 0.717) is 5.69 Å². The quantitative estimate of drug-likeness (QED) is 0.766. The number of carbonyl (C=O) groups is 1. The number of rotatable bonds is 1. The summed E-state index contributed by atoms with van der Waals surface area (Å²) < 4.78 is 0.851. The van der Waals surface area contributed by atoms with Gasteiger partial charge in [0, 0.05) is 28.9 Å². The molecule has 2 rings (SSSR count). The fourth-order valence-corrected chi connectivity index (χ4v) is 1.82. The minimum absolute atomic E-state index is 0.0528. The maximum atomic E-state index is 11.6. The number of benzene rings is 1. The van der Waals surface area contributed by atoms with E-state index in [4.69, 9.17) is 5.73 Å². The lowest BCUT2D eigenvalue weighted by Gasteiger charge is -2.27. The molecule has 0 bridgehead atoms. The molecule has 1 fully saturated rings. The number of nitrogens with one attached hydrogen (secondary N) is 1. The first-order chi connectivity index (χ1) is 7.18. The average molecular weight is 270 g/mol. The zero-order chi connectivity index (χ0) is 10.8. The third-order valence-corrected chi connectivity index (χ3v) is 3.09. The Morgan fingerprint density at radius 2 is 2.27 bits per heavy atom. The minimum Gasteiger partial charge on any atom is -0.398 e. The number of halogens is 1. The number of urea groups is 1. The van der Waals surface area contributed by atoms with E-state index in [0.717, 1.165) is 29.7 Å². The molecule has 80 valence electrons. The predicted molar refractivity (Wildman–Crippen MR) is 63.9 cm³/mol. The fraction of sp³-hybridized carbons (Fsp3) is 0.300. The summed E-state index contributed by atoms with van der Waals surface area (Å²) in [4.78, 5) is 13.3. The molecular weight excluding hydrogens is 258 g/mol. The Bertz CT molecular complexity index is 394. The molecule has 0 aromatic heterocycles. The van der Waals surface area contributed by atoms with Crippen LogP contribution in [0, 0.1) is 0 Å². The van der Waals surface area contributed by atoms with Gasteiger partial charge in [-0.05, 0) is 40.5 Å². The second-order valence-electron chi connectivity index (χ2n) is 3.44. The number of hydrogen-bond donors (Lipinski definition) is 2. The topological polar surface area (TPSA) is 58.4 Å². The highest BCUT2D eigenvalue weighted by atomic mass is 79.9. The van der Waals surface area contributed by atoms with Gasteiger partial charge in [0.2, 0.25) is 0 Å². The van der Waals surface area contributed by atoms with Gasteiger partial charge in [-0.25, -0.2) is 4.79 Å². The smallest absolute Gasteiger partial charge is 0.321 e. The van der Waals surface area contributed by atoms with Crippen molar-refractivity contribution < 1.29 is 4.79 Å². The molecule has 1 aromatic carbocycles. The van der Waals surface area contributed by atoms with Crippen molar-refractivity contribution in [3.8, 4) is 0 Å². The fourth-order valence-electron chi connectivity index (χ4n) is 1.57. The van der Waals surface area contributed by atoms with Crippen molar-refractivity contribution in [2.45, 2.75) is 6.42 Å². The number of carbonyl (C=O) groups excluding carboxylic acids is 1. The number of hydrogen-bond acceptors (Lipinski definition) is 2. The van der Waals surface area contributed by atoms with Crippen LogP contribution in [0.4, 0.5) is 16.2 Å². The van der Waals surface area contributed by atoms with Crippen LogP contribution in [-0.2, 0) is 0 Å². The van der Waals surface area contributed by atoms with E-state index in [-0.39, 0.29) is 6.03 Å². The molecule has 1 aliphatic rings. The van der Waals surface area contributed by atoms with Crippen molar-refractivity contribution in [3.05, 3.63) is 22.7 Å². The Hall–Kier alpha value is -1.23. The number of anilines is 2. The van der Waals surface area contributed by atoms with Crippen LogP contribution in [0.3, 0.4) is 0 Å². The van der Waals surface area contributed by atoms with Crippen molar-refractivity contribution in [1.82, 2.24) is 5.32 Å². The maximum absolute atomic E-state index is 11.6. The van der Waals surface area contributed by atoms with Gasteiger partial charge in [0.05, 0.1) is 0 Å². The summed E-state index contributed by atoms with van der Waals surface area (Å²) in [6.45, 7) is 1.49. The lowest BCUT2D eigenvalue weighted by Crippen LogP contribution is -2.46. The van der Waals surface area contributed by atoms with Crippen LogP contribution >= 0.6 is 15.9 Å². The summed E-state index contributed by atoms with van der Waals surface area (Å²) >= 11 is 3.32. The van der Waals surface area contributed by atoms with Crippen molar-refractivity contribution in [2.24, 2.45) is 0 Å². The van der Waals surface area contributed by atoms with Crippen molar-refractivity contribution >= 4 is 33.3 Å². The second-order valence-corrected chi connectivity index (χ2v) is 4.30. The van der Waals surface area contributed by atoms with Gasteiger partial charge in [0.15, 0.2) is 0 Å². The maximum Gasteiger partial charge on any atom is 0.321 e. The lowest BCUT2D eigenvalue weighted by atomic mass is 10.2. The summed E-state index contributed by atoms with van der Waals surface area (Å²) in [5, 5.41) is 2.80. The Kier molecular flexibility index (Phi) is 2.81. The Morgan fingerprint density at radius 3 is 2.93 bits per heavy atom. The van der Waals surface area contributed by atoms with E-state index in [1.807, 2.05) is 12.1 Å². The van der Waals surface area contributed by atoms with Crippen molar-refractivity contribution in [1.29, 1.82) is 0 Å². The summed E-state index contributed by atoms with van der Waals surface area (Å²) in [6.07, 6.45) is 0.960. The molecule has 2 amide bonds. The molecule has 3 N–H and O–H groups in total. The molecule has 1 saturated heterocycles. The standard InChI is InChI=1S/C10H12BrN3O/c11-8-3-2-7(6-9(8)12)14-5-1-4-13-10(14)15/h2-3,6H,1,4-5,12H2,(H,13,15). The summed E-state index contributed by atoms with van der Waals surface area (Å²) in [6, 6.07) is 5.48. The molecule has 1 heterocycles. The van der Waals surface area contributed by atoms with Crippen LogP contribution in [0.25, 0.3) is 0 Å². The molecule has 0 radical (unpaired) electrons. The SMILES string of the molecule is Nc1cc(N2CCCNC2=O)ccc1Br. The summed E-state index contributed by atoms with van der Waals surface area (Å²) in [7, 11) is 0. The molecule has 1 aliphatic heterocycles. The van der Waals surface area contributed by atoms with Gasteiger partial charge >= 0.3 is 6.03 Å². The van der Waals surface area contributed by atoms with E-state index in [2.05, 4.69) is 21.2 Å². The monoisotopic (exact) mass is 269 g/mol. The molecule has 15 heavy (non-hydrogen) atoms. The van der Waals surface area contributed by atoms with Crippen LogP contribution < -0.4 is 16.0 Å². The van der Waals surface area contributed by atoms with Gasteiger partial charge in [0.1, 0.15) is 0 Å².